The van der Waals surface area contributed by atoms with Gasteiger partial charge >= 0.3 is 6.09 Å². The van der Waals surface area contributed by atoms with Crippen LogP contribution in [0.25, 0.3) is 0 Å². The topological polar surface area (TPSA) is 99.1 Å². The lowest BCUT2D eigenvalue weighted by molar-refractivity contribution is -0.119. The summed E-state index contributed by atoms with van der Waals surface area (Å²) in [6.45, 7) is 1.85. The Balaban J connectivity index is 1.44. The van der Waals surface area contributed by atoms with Gasteiger partial charge in [0, 0.05) is 18.4 Å². The van der Waals surface area contributed by atoms with E-state index >= 15 is 0 Å². The smallest absolute Gasteiger partial charge is 0.414 e. The largest absolute Gasteiger partial charge is 0.442 e. The normalized spacial score (nSPS) is 32.8. The summed E-state index contributed by atoms with van der Waals surface area (Å²) in [5.74, 6) is 0.415. The van der Waals surface area contributed by atoms with Crippen LogP contribution in [0.3, 0.4) is 0 Å². The van der Waals surface area contributed by atoms with E-state index in [-0.39, 0.29) is 36.8 Å². The number of nitrogens with one attached hydrogen (secondary N) is 1. The molecule has 0 radical (unpaired) electrons. The number of benzene rings is 1. The van der Waals surface area contributed by atoms with E-state index in [9.17, 15) is 23.1 Å². The van der Waals surface area contributed by atoms with Gasteiger partial charge in [-0.1, -0.05) is 6.07 Å². The molecule has 2 aliphatic heterocycles. The Hall–Kier alpha value is -1.84. The zero-order valence-corrected chi connectivity index (χ0v) is 15.0. The predicted octanol–water partition coefficient (Wildman–Crippen LogP) is 2.38. The Morgan fingerprint density at radius 1 is 1.38 bits per heavy atom. The molecule has 1 aromatic carbocycles. The van der Waals surface area contributed by atoms with E-state index in [2.05, 4.69) is 5.32 Å². The van der Waals surface area contributed by atoms with Crippen molar-refractivity contribution in [1.29, 1.82) is 0 Å². The van der Waals surface area contributed by atoms with Crippen LogP contribution >= 0.6 is 10.6 Å². The van der Waals surface area contributed by atoms with Gasteiger partial charge in [0.05, 0.1) is 18.8 Å². The number of hydrogen-bond acceptors (Lipinski definition) is 5. The highest BCUT2D eigenvalue weighted by Crippen LogP contribution is 2.69. The monoisotopic (exact) mass is 384 g/mol. The molecule has 2 amide bonds. The molecular formula is C17H21FN2O5S. The molecule has 3 N–H and O–H groups in total. The number of anilines is 1. The van der Waals surface area contributed by atoms with Crippen LogP contribution in [0.5, 0.6) is 0 Å². The van der Waals surface area contributed by atoms with Gasteiger partial charge in [0.2, 0.25) is 5.91 Å². The lowest BCUT2D eigenvalue weighted by Crippen LogP contribution is -2.33. The Kier molecular flexibility index (Phi) is 4.13. The fourth-order valence-corrected chi connectivity index (χ4v) is 6.37. The van der Waals surface area contributed by atoms with Gasteiger partial charge in [0.15, 0.2) is 0 Å². The number of halogens is 1. The highest BCUT2D eigenvalue weighted by atomic mass is 32.3. The van der Waals surface area contributed by atoms with Crippen molar-refractivity contribution >= 4 is 28.3 Å². The van der Waals surface area contributed by atoms with Crippen molar-refractivity contribution in [1.82, 2.24) is 5.32 Å². The van der Waals surface area contributed by atoms with Crippen LogP contribution in [-0.4, -0.2) is 51.8 Å². The van der Waals surface area contributed by atoms with Gasteiger partial charge in [-0.2, -0.15) is 10.6 Å². The fourth-order valence-electron chi connectivity index (χ4n) is 4.10. The third kappa shape index (κ3) is 3.15. The van der Waals surface area contributed by atoms with Gasteiger partial charge in [-0.15, -0.1) is 0 Å². The third-order valence-corrected chi connectivity index (χ3v) is 7.20. The molecule has 2 heterocycles. The average Bonchev–Trinajstić information content (AvgIpc) is 2.89. The third-order valence-electron chi connectivity index (χ3n) is 5.36. The molecule has 26 heavy (non-hydrogen) atoms. The van der Waals surface area contributed by atoms with E-state index < -0.39 is 28.6 Å². The second-order valence-corrected chi connectivity index (χ2v) is 9.52. The number of amides is 2. The van der Waals surface area contributed by atoms with Crippen molar-refractivity contribution < 1.29 is 27.8 Å². The summed E-state index contributed by atoms with van der Waals surface area (Å²) in [7, 11) is -2.47. The molecule has 4 rings (SSSR count). The molecule has 0 bridgehead atoms. The van der Waals surface area contributed by atoms with Crippen LogP contribution in [-0.2, 0) is 9.53 Å². The molecule has 0 spiro atoms. The molecule has 4 atom stereocenters. The maximum atomic E-state index is 14.6. The summed E-state index contributed by atoms with van der Waals surface area (Å²) >= 11 is 0. The summed E-state index contributed by atoms with van der Waals surface area (Å²) in [6, 6.07) is 4.68. The zero-order chi connectivity index (χ0) is 18.6. The molecule has 3 aliphatic rings. The van der Waals surface area contributed by atoms with Crippen molar-refractivity contribution in [2.45, 2.75) is 18.9 Å². The summed E-state index contributed by atoms with van der Waals surface area (Å²) in [5, 5.41) is 2.60. The minimum Gasteiger partial charge on any atom is -0.442 e. The van der Waals surface area contributed by atoms with Crippen LogP contribution in [0.4, 0.5) is 14.9 Å². The molecule has 2 saturated heterocycles. The molecule has 1 aliphatic carbocycles. The predicted molar refractivity (Wildman–Crippen MR) is 95.0 cm³/mol. The van der Waals surface area contributed by atoms with Crippen molar-refractivity contribution in [3.8, 4) is 0 Å². The van der Waals surface area contributed by atoms with E-state index in [1.54, 1.807) is 12.1 Å². The summed E-state index contributed by atoms with van der Waals surface area (Å²) in [4.78, 5) is 24.3. The Bertz CT molecular complexity index is 760. The molecule has 0 aromatic heterocycles. The standard InChI is InChI=1S/C17H21FN2O5S/c1-9(21)19-5-11-6-20(17(22)25-11)10-2-3-12(15(18)4-10)16-13-7-26(23,24)8-14(13)16/h2-4,11,13-14,16,23-24H,5-8H2,1H3,(H,19,21)/t11-,13-,14+,16?/m0/s1. The lowest BCUT2D eigenvalue weighted by atomic mass is 10.1. The summed E-state index contributed by atoms with van der Waals surface area (Å²) in [6.07, 6.45) is -1.04. The van der Waals surface area contributed by atoms with E-state index in [0.29, 0.717) is 22.8 Å². The number of carbonyl (C=O) groups excluding carboxylic acids is 2. The first-order chi connectivity index (χ1) is 12.2. The van der Waals surface area contributed by atoms with Crippen LogP contribution in [0.15, 0.2) is 18.2 Å². The molecule has 1 saturated carbocycles. The summed E-state index contributed by atoms with van der Waals surface area (Å²) in [5.41, 5.74) is 0.984. The van der Waals surface area contributed by atoms with E-state index in [4.69, 9.17) is 4.74 Å². The second-order valence-electron chi connectivity index (χ2n) is 7.25. The average molecular weight is 384 g/mol. The van der Waals surface area contributed by atoms with Crippen LogP contribution in [0, 0.1) is 17.7 Å². The van der Waals surface area contributed by atoms with Crippen LogP contribution in [0.2, 0.25) is 0 Å². The van der Waals surface area contributed by atoms with Gasteiger partial charge in [-0.05, 0) is 35.4 Å². The lowest BCUT2D eigenvalue weighted by Gasteiger charge is -2.29. The van der Waals surface area contributed by atoms with Crippen molar-refractivity contribution in [3.05, 3.63) is 29.6 Å². The molecular weight excluding hydrogens is 363 g/mol. The first-order valence-corrected chi connectivity index (χ1v) is 10.4. The number of nitrogens with zero attached hydrogens (tertiary/aromatic N) is 1. The highest BCUT2D eigenvalue weighted by molar-refractivity contribution is 8.24. The van der Waals surface area contributed by atoms with Crippen molar-refractivity contribution in [2.75, 3.05) is 29.5 Å². The maximum absolute atomic E-state index is 14.6. The minimum absolute atomic E-state index is 0.0296. The highest BCUT2D eigenvalue weighted by Gasteiger charge is 2.59. The summed E-state index contributed by atoms with van der Waals surface area (Å²) < 4.78 is 39.2. The van der Waals surface area contributed by atoms with Gasteiger partial charge in [0.1, 0.15) is 11.9 Å². The SMILES string of the molecule is CC(=O)NC[C@H]1CN(c2ccc(C3[C@H]4CS(O)(O)C[C@@H]34)c(F)c2)C(=O)O1. The number of carbonyl (C=O) groups is 2. The van der Waals surface area contributed by atoms with Crippen LogP contribution < -0.4 is 10.2 Å². The Morgan fingerprint density at radius 3 is 2.69 bits per heavy atom. The number of ether oxygens (including phenoxy) is 1. The first-order valence-electron chi connectivity index (χ1n) is 8.51. The molecule has 142 valence electrons. The molecule has 1 aromatic rings. The van der Waals surface area contributed by atoms with Gasteiger partial charge in [0.25, 0.3) is 0 Å². The number of rotatable bonds is 4. The Morgan fingerprint density at radius 2 is 2.08 bits per heavy atom. The van der Waals surface area contributed by atoms with Crippen molar-refractivity contribution in [3.63, 3.8) is 0 Å². The molecule has 3 fully saturated rings. The zero-order valence-electron chi connectivity index (χ0n) is 14.2. The van der Waals surface area contributed by atoms with Crippen molar-refractivity contribution in [2.24, 2.45) is 11.8 Å². The number of hydrogen-bond donors (Lipinski definition) is 3. The molecule has 7 nitrogen and oxygen atoms in total. The van der Waals surface area contributed by atoms with E-state index in [1.165, 1.54) is 17.9 Å². The number of fused-ring (bicyclic) bond motifs is 1. The second kappa shape index (κ2) is 6.11. The maximum Gasteiger partial charge on any atom is 0.414 e. The first kappa shape index (κ1) is 17.6. The minimum atomic E-state index is -2.47. The molecule has 9 heteroatoms. The van der Waals surface area contributed by atoms with E-state index in [0.717, 1.165) is 0 Å². The van der Waals surface area contributed by atoms with Gasteiger partial charge < -0.3 is 10.1 Å². The van der Waals surface area contributed by atoms with Crippen LogP contribution in [0.1, 0.15) is 18.4 Å². The Labute approximate surface area is 151 Å². The fraction of sp³-hybridized carbons (Fsp3) is 0.529. The van der Waals surface area contributed by atoms with E-state index in [1.807, 2.05) is 0 Å². The van der Waals surface area contributed by atoms with Gasteiger partial charge in [-0.25, -0.2) is 9.18 Å². The van der Waals surface area contributed by atoms with Gasteiger partial charge in [-0.3, -0.25) is 18.8 Å². The molecule has 1 unspecified atom stereocenters. The quantitative estimate of drug-likeness (QED) is 0.740. The number of cyclic esters (lactones) is 1.